The van der Waals surface area contributed by atoms with Crippen molar-refractivity contribution in [3.05, 3.63) is 47.0 Å². The third kappa shape index (κ3) is 1.36. The fourth-order valence-electron chi connectivity index (χ4n) is 2.78. The fraction of sp³-hybridized carbons (Fsp3) is 0.250. The van der Waals surface area contributed by atoms with E-state index in [1.807, 2.05) is 0 Å². The van der Waals surface area contributed by atoms with E-state index >= 15 is 0 Å². The molecule has 0 fully saturated rings. The molecule has 1 nitrogen and oxygen atoms in total. The van der Waals surface area contributed by atoms with Crippen LogP contribution in [0.3, 0.4) is 0 Å². The molecule has 17 heavy (non-hydrogen) atoms. The average Bonchev–Trinajstić information content (AvgIpc) is 2.60. The van der Waals surface area contributed by atoms with E-state index in [1.165, 1.54) is 38.6 Å². The van der Waals surface area contributed by atoms with Gasteiger partial charge in [0.1, 0.15) is 0 Å². The molecule has 3 rings (SSSR count). The molecule has 0 saturated carbocycles. The Morgan fingerprint density at radius 2 is 1.65 bits per heavy atom. The standard InChI is InChI=1S/C16H16O/c1-10-11(2)14-8-7-12(9-17-3)15-6-4-5-13(10)16(14)15/h4-8H,9H2,1-3H3. The van der Waals surface area contributed by atoms with E-state index in [1.54, 1.807) is 7.11 Å². The van der Waals surface area contributed by atoms with Crippen molar-refractivity contribution in [1.82, 2.24) is 0 Å². The highest BCUT2D eigenvalue weighted by Gasteiger charge is 2.19. The van der Waals surface area contributed by atoms with Crippen LogP contribution >= 0.6 is 0 Å². The lowest BCUT2D eigenvalue weighted by Crippen LogP contribution is -1.91. The summed E-state index contributed by atoms with van der Waals surface area (Å²) in [6.45, 7) is 5.10. The van der Waals surface area contributed by atoms with Crippen LogP contribution in [0.1, 0.15) is 30.5 Å². The number of allylic oxidation sites excluding steroid dienone is 2. The van der Waals surface area contributed by atoms with Crippen molar-refractivity contribution in [3.63, 3.8) is 0 Å². The number of methoxy groups -OCH3 is 1. The average molecular weight is 224 g/mol. The van der Waals surface area contributed by atoms with Crippen molar-refractivity contribution in [2.75, 3.05) is 7.11 Å². The fourth-order valence-corrected chi connectivity index (χ4v) is 2.78. The first-order valence-corrected chi connectivity index (χ1v) is 5.96. The first-order valence-electron chi connectivity index (χ1n) is 5.96. The molecule has 0 radical (unpaired) electrons. The van der Waals surface area contributed by atoms with Crippen LogP contribution in [-0.4, -0.2) is 7.11 Å². The summed E-state index contributed by atoms with van der Waals surface area (Å²) in [6, 6.07) is 11.0. The molecule has 0 amide bonds. The van der Waals surface area contributed by atoms with Gasteiger partial charge >= 0.3 is 0 Å². The third-order valence-electron chi connectivity index (χ3n) is 3.80. The molecule has 2 aromatic carbocycles. The largest absolute Gasteiger partial charge is 0.380 e. The zero-order valence-electron chi connectivity index (χ0n) is 10.5. The quantitative estimate of drug-likeness (QED) is 0.741. The molecule has 1 aliphatic carbocycles. The lowest BCUT2D eigenvalue weighted by Gasteiger charge is -2.08. The topological polar surface area (TPSA) is 9.23 Å². The van der Waals surface area contributed by atoms with Crippen LogP contribution in [-0.2, 0) is 11.3 Å². The Labute approximate surface area is 102 Å². The lowest BCUT2D eigenvalue weighted by atomic mass is 9.98. The predicted octanol–water partition coefficient (Wildman–Crippen LogP) is 4.25. The predicted molar refractivity (Wildman–Crippen MR) is 72.8 cm³/mol. The third-order valence-corrected chi connectivity index (χ3v) is 3.80. The summed E-state index contributed by atoms with van der Waals surface area (Å²) in [5.74, 6) is 0. The molecule has 86 valence electrons. The van der Waals surface area contributed by atoms with Gasteiger partial charge in [0.25, 0.3) is 0 Å². The van der Waals surface area contributed by atoms with E-state index in [0.717, 1.165) is 0 Å². The lowest BCUT2D eigenvalue weighted by molar-refractivity contribution is 0.186. The Hall–Kier alpha value is -1.60. The molecule has 0 aromatic heterocycles. The zero-order chi connectivity index (χ0) is 12.0. The van der Waals surface area contributed by atoms with Gasteiger partial charge in [-0.1, -0.05) is 30.3 Å². The highest BCUT2D eigenvalue weighted by molar-refractivity contribution is 6.13. The molecule has 0 saturated heterocycles. The normalized spacial score (nSPS) is 13.8. The van der Waals surface area contributed by atoms with Gasteiger partial charge in [0.2, 0.25) is 0 Å². The SMILES string of the molecule is COCc1ccc2c3c(cccc13)C(C)=C2C. The zero-order valence-corrected chi connectivity index (χ0v) is 10.5. The summed E-state index contributed by atoms with van der Waals surface area (Å²) in [6.07, 6.45) is 0. The van der Waals surface area contributed by atoms with Gasteiger partial charge < -0.3 is 4.74 Å². The number of ether oxygens (including phenoxy) is 1. The molecular formula is C16H16O. The molecule has 1 heteroatoms. The Kier molecular flexibility index (Phi) is 2.30. The van der Waals surface area contributed by atoms with E-state index < -0.39 is 0 Å². The minimum Gasteiger partial charge on any atom is -0.380 e. The number of hydrogen-bond acceptors (Lipinski definition) is 1. The van der Waals surface area contributed by atoms with Gasteiger partial charge in [-0.25, -0.2) is 0 Å². The minimum absolute atomic E-state index is 0.679. The van der Waals surface area contributed by atoms with Gasteiger partial charge in [-0.05, 0) is 52.5 Å². The van der Waals surface area contributed by atoms with E-state index in [9.17, 15) is 0 Å². The summed E-state index contributed by atoms with van der Waals surface area (Å²) in [7, 11) is 1.75. The maximum Gasteiger partial charge on any atom is 0.0719 e. The van der Waals surface area contributed by atoms with Crippen molar-refractivity contribution < 1.29 is 4.74 Å². The highest BCUT2D eigenvalue weighted by atomic mass is 16.5. The van der Waals surface area contributed by atoms with Gasteiger partial charge in [0.05, 0.1) is 6.61 Å². The van der Waals surface area contributed by atoms with Crippen molar-refractivity contribution in [2.45, 2.75) is 20.5 Å². The van der Waals surface area contributed by atoms with Crippen LogP contribution < -0.4 is 0 Å². The number of rotatable bonds is 2. The molecule has 0 spiro atoms. The summed E-state index contributed by atoms with van der Waals surface area (Å²) < 4.78 is 5.28. The molecule has 0 unspecified atom stereocenters. The molecule has 0 atom stereocenters. The Bertz CT molecular complexity index is 617. The van der Waals surface area contributed by atoms with Gasteiger partial charge in [-0.3, -0.25) is 0 Å². The van der Waals surface area contributed by atoms with E-state index in [4.69, 9.17) is 4.74 Å². The first kappa shape index (κ1) is 10.5. The maximum atomic E-state index is 5.28. The summed E-state index contributed by atoms with van der Waals surface area (Å²) in [5, 5.41) is 2.73. The Morgan fingerprint density at radius 1 is 0.941 bits per heavy atom. The van der Waals surface area contributed by atoms with Gasteiger partial charge in [0, 0.05) is 7.11 Å². The van der Waals surface area contributed by atoms with E-state index in [2.05, 4.69) is 44.2 Å². The second-order valence-electron chi connectivity index (χ2n) is 4.68. The monoisotopic (exact) mass is 224 g/mol. The Balaban J connectivity index is 2.39. The van der Waals surface area contributed by atoms with Crippen LogP contribution in [0, 0.1) is 0 Å². The van der Waals surface area contributed by atoms with Crippen molar-refractivity contribution in [3.8, 4) is 0 Å². The van der Waals surface area contributed by atoms with Crippen molar-refractivity contribution in [1.29, 1.82) is 0 Å². The van der Waals surface area contributed by atoms with Gasteiger partial charge in [-0.15, -0.1) is 0 Å². The summed E-state index contributed by atoms with van der Waals surface area (Å²) in [4.78, 5) is 0. The molecule has 1 aliphatic rings. The molecule has 0 heterocycles. The van der Waals surface area contributed by atoms with E-state index in [-0.39, 0.29) is 0 Å². The van der Waals surface area contributed by atoms with Crippen molar-refractivity contribution >= 4 is 21.9 Å². The molecule has 2 aromatic rings. The summed E-state index contributed by atoms with van der Waals surface area (Å²) in [5.41, 5.74) is 6.84. The molecule has 0 N–H and O–H groups in total. The van der Waals surface area contributed by atoms with Crippen LogP contribution in [0.5, 0.6) is 0 Å². The smallest absolute Gasteiger partial charge is 0.0719 e. The van der Waals surface area contributed by atoms with Crippen LogP contribution in [0.15, 0.2) is 30.3 Å². The first-order chi connectivity index (χ1) is 8.24. The Morgan fingerprint density at radius 3 is 2.35 bits per heavy atom. The second kappa shape index (κ2) is 3.71. The molecule has 0 aliphatic heterocycles. The van der Waals surface area contributed by atoms with Crippen LogP contribution in [0.25, 0.3) is 21.9 Å². The van der Waals surface area contributed by atoms with Crippen molar-refractivity contribution in [2.24, 2.45) is 0 Å². The highest BCUT2D eigenvalue weighted by Crippen LogP contribution is 2.42. The molecular weight excluding hydrogens is 208 g/mol. The second-order valence-corrected chi connectivity index (χ2v) is 4.68. The van der Waals surface area contributed by atoms with E-state index in [0.29, 0.717) is 6.61 Å². The number of hydrogen-bond donors (Lipinski definition) is 0. The number of benzene rings is 2. The van der Waals surface area contributed by atoms with Gasteiger partial charge in [-0.2, -0.15) is 0 Å². The van der Waals surface area contributed by atoms with Crippen LogP contribution in [0.2, 0.25) is 0 Å². The van der Waals surface area contributed by atoms with Crippen LogP contribution in [0.4, 0.5) is 0 Å². The maximum absolute atomic E-state index is 5.28. The minimum atomic E-state index is 0.679. The molecule has 0 bridgehead atoms. The summed E-state index contributed by atoms with van der Waals surface area (Å²) >= 11 is 0. The van der Waals surface area contributed by atoms with Gasteiger partial charge in [0.15, 0.2) is 0 Å².